The molecule has 130 valence electrons. The van der Waals surface area contributed by atoms with Gasteiger partial charge in [-0.05, 0) is 29.8 Å². The molecule has 3 aromatic rings. The summed E-state index contributed by atoms with van der Waals surface area (Å²) in [5.41, 5.74) is 10.5. The molecule has 0 unspecified atom stereocenters. The summed E-state index contributed by atoms with van der Waals surface area (Å²) in [4.78, 5) is 15.3. The number of amides is 1. The van der Waals surface area contributed by atoms with Crippen molar-refractivity contribution in [3.8, 4) is 22.4 Å². The second-order valence-electron chi connectivity index (χ2n) is 5.85. The summed E-state index contributed by atoms with van der Waals surface area (Å²) in [6.07, 6.45) is 4.12. The molecular weight excluding hydrogens is 335 g/mol. The topological polar surface area (TPSA) is 98.2 Å². The molecule has 0 saturated carbocycles. The molecule has 26 heavy (non-hydrogen) atoms. The lowest BCUT2D eigenvalue weighted by atomic mass is 10.0. The fourth-order valence-corrected chi connectivity index (χ4v) is 2.82. The summed E-state index contributed by atoms with van der Waals surface area (Å²) in [5.74, 6) is 0.421. The molecule has 8 heteroatoms. The zero-order valence-corrected chi connectivity index (χ0v) is 13.7. The Hall–Kier alpha value is -3.55. The number of rotatable bonds is 2. The zero-order chi connectivity index (χ0) is 18.1. The van der Waals surface area contributed by atoms with Crippen molar-refractivity contribution < 1.29 is 9.18 Å². The van der Waals surface area contributed by atoms with Gasteiger partial charge in [0.15, 0.2) is 5.84 Å². The summed E-state index contributed by atoms with van der Waals surface area (Å²) in [6.45, 7) is 0. The van der Waals surface area contributed by atoms with Gasteiger partial charge in [-0.3, -0.25) is 4.79 Å². The first-order valence-corrected chi connectivity index (χ1v) is 8.04. The van der Waals surface area contributed by atoms with E-state index in [9.17, 15) is 9.18 Å². The summed E-state index contributed by atoms with van der Waals surface area (Å²) < 4.78 is 15.9. The molecular formula is C18H15FN6O. The fraction of sp³-hybridized carbons (Fsp3) is 0.111. The number of nitrogens with two attached hydrogens (primary N) is 1. The molecule has 0 spiro atoms. The van der Waals surface area contributed by atoms with Gasteiger partial charge in [-0.1, -0.05) is 12.1 Å². The van der Waals surface area contributed by atoms with Crippen LogP contribution in [0.4, 0.5) is 10.2 Å². The van der Waals surface area contributed by atoms with Crippen molar-refractivity contribution in [2.45, 2.75) is 12.8 Å². The van der Waals surface area contributed by atoms with E-state index in [1.54, 1.807) is 47.4 Å². The van der Waals surface area contributed by atoms with Gasteiger partial charge < -0.3 is 5.73 Å². The largest absolute Gasteiger partial charge is 0.384 e. The molecule has 2 aromatic heterocycles. The second kappa shape index (κ2) is 6.40. The van der Waals surface area contributed by atoms with Crippen molar-refractivity contribution in [3.63, 3.8) is 0 Å². The molecule has 4 rings (SSSR count). The van der Waals surface area contributed by atoms with Crippen LogP contribution in [0.5, 0.6) is 0 Å². The number of hydrogen-bond donors (Lipinski definition) is 2. The second-order valence-corrected chi connectivity index (χ2v) is 5.85. The average molecular weight is 350 g/mol. The lowest BCUT2D eigenvalue weighted by molar-refractivity contribution is -0.121. The van der Waals surface area contributed by atoms with Gasteiger partial charge in [0.05, 0.1) is 0 Å². The molecule has 0 bridgehead atoms. The van der Waals surface area contributed by atoms with E-state index in [2.05, 4.69) is 20.6 Å². The summed E-state index contributed by atoms with van der Waals surface area (Å²) in [7, 11) is 0. The van der Waals surface area contributed by atoms with Crippen molar-refractivity contribution in [3.05, 3.63) is 54.6 Å². The third-order valence-corrected chi connectivity index (χ3v) is 4.09. The molecule has 1 aliphatic heterocycles. The van der Waals surface area contributed by atoms with E-state index >= 15 is 0 Å². The van der Waals surface area contributed by atoms with E-state index in [1.165, 1.54) is 6.07 Å². The normalized spacial score (nSPS) is 14.0. The number of carbonyl (C=O) groups is 1. The predicted molar refractivity (Wildman–Crippen MR) is 95.5 cm³/mol. The van der Waals surface area contributed by atoms with E-state index < -0.39 is 0 Å². The first-order chi connectivity index (χ1) is 12.6. The van der Waals surface area contributed by atoms with Crippen LogP contribution in [0.1, 0.15) is 12.8 Å². The Kier molecular flexibility index (Phi) is 3.92. The van der Waals surface area contributed by atoms with Crippen LogP contribution in [0.2, 0.25) is 0 Å². The van der Waals surface area contributed by atoms with E-state index in [4.69, 9.17) is 5.73 Å². The molecule has 0 radical (unpaired) electrons. The third-order valence-electron chi connectivity index (χ3n) is 4.09. The quantitative estimate of drug-likeness (QED) is 0.741. The number of benzene rings is 1. The Morgan fingerprint density at radius 2 is 2.00 bits per heavy atom. The van der Waals surface area contributed by atoms with Gasteiger partial charge in [-0.15, -0.1) is 0 Å². The number of halogens is 1. The standard InChI is InChI=1S/C18H15FN6O/c19-14-4-2-1-3-12(14)18-13(11-7-8-21-15(20)9-11)10-25(24-18)16-5-6-17(26)23-22-16/h1-4,7-10H,5-6H2,(H2,20,21)(H,23,26). The lowest BCUT2D eigenvalue weighted by Gasteiger charge is -2.11. The molecule has 1 amide bonds. The average Bonchev–Trinajstić information content (AvgIpc) is 3.08. The number of nitrogens with zero attached hydrogens (tertiary/aromatic N) is 4. The van der Waals surface area contributed by atoms with Gasteiger partial charge >= 0.3 is 0 Å². The highest BCUT2D eigenvalue weighted by Gasteiger charge is 2.20. The summed E-state index contributed by atoms with van der Waals surface area (Å²) in [6, 6.07) is 9.92. The van der Waals surface area contributed by atoms with Gasteiger partial charge in [0, 0.05) is 36.4 Å². The van der Waals surface area contributed by atoms with Crippen molar-refractivity contribution in [1.82, 2.24) is 20.2 Å². The molecule has 1 aliphatic rings. The van der Waals surface area contributed by atoms with E-state index in [-0.39, 0.29) is 11.7 Å². The number of carbonyl (C=O) groups excluding carboxylic acids is 1. The van der Waals surface area contributed by atoms with Gasteiger partial charge in [-0.2, -0.15) is 10.2 Å². The minimum absolute atomic E-state index is 0.141. The smallest absolute Gasteiger partial charge is 0.240 e. The van der Waals surface area contributed by atoms with Crippen LogP contribution >= 0.6 is 0 Å². The molecule has 0 saturated heterocycles. The molecule has 7 nitrogen and oxygen atoms in total. The van der Waals surface area contributed by atoms with Gasteiger partial charge in [0.25, 0.3) is 0 Å². The predicted octanol–water partition coefficient (Wildman–Crippen LogP) is 2.41. The van der Waals surface area contributed by atoms with Gasteiger partial charge in [-0.25, -0.2) is 19.5 Å². The van der Waals surface area contributed by atoms with Crippen LogP contribution in [0.3, 0.4) is 0 Å². The monoisotopic (exact) mass is 350 g/mol. The maximum absolute atomic E-state index is 14.4. The van der Waals surface area contributed by atoms with Crippen molar-refractivity contribution >= 4 is 17.6 Å². The number of pyridine rings is 1. The SMILES string of the molecule is Nc1cc(-c2cn(C3=NNC(=O)CC3)nc2-c2ccccc2F)ccn1. The van der Waals surface area contributed by atoms with Crippen LogP contribution in [0.25, 0.3) is 22.4 Å². The Morgan fingerprint density at radius 3 is 2.73 bits per heavy atom. The Labute approximate surface area is 148 Å². The highest BCUT2D eigenvalue weighted by molar-refractivity contribution is 5.93. The number of aromatic nitrogens is 3. The summed E-state index contributed by atoms with van der Waals surface area (Å²) in [5, 5.41) is 8.58. The Balaban J connectivity index is 1.88. The zero-order valence-electron chi connectivity index (χ0n) is 13.7. The van der Waals surface area contributed by atoms with Crippen LogP contribution in [-0.2, 0) is 4.79 Å². The molecule has 0 aliphatic carbocycles. The van der Waals surface area contributed by atoms with E-state index in [0.29, 0.717) is 41.3 Å². The van der Waals surface area contributed by atoms with Crippen molar-refractivity contribution in [1.29, 1.82) is 0 Å². The first-order valence-electron chi connectivity index (χ1n) is 8.04. The highest BCUT2D eigenvalue weighted by atomic mass is 19.1. The Bertz CT molecular complexity index is 1030. The molecule has 1 aromatic carbocycles. The lowest BCUT2D eigenvalue weighted by Crippen LogP contribution is -2.29. The van der Waals surface area contributed by atoms with Crippen LogP contribution in [0, 0.1) is 5.82 Å². The fourth-order valence-electron chi connectivity index (χ4n) is 2.82. The van der Waals surface area contributed by atoms with Crippen LogP contribution in [0.15, 0.2) is 53.9 Å². The van der Waals surface area contributed by atoms with E-state index in [1.807, 2.05) is 0 Å². The van der Waals surface area contributed by atoms with E-state index in [0.717, 1.165) is 5.56 Å². The molecule has 3 N–H and O–H groups in total. The van der Waals surface area contributed by atoms with Crippen LogP contribution < -0.4 is 11.2 Å². The summed E-state index contributed by atoms with van der Waals surface area (Å²) >= 11 is 0. The molecule has 0 atom stereocenters. The number of hydrogen-bond acceptors (Lipinski definition) is 5. The number of nitrogens with one attached hydrogen (secondary N) is 1. The maximum Gasteiger partial charge on any atom is 0.240 e. The van der Waals surface area contributed by atoms with Gasteiger partial charge in [0.2, 0.25) is 5.91 Å². The Morgan fingerprint density at radius 1 is 1.15 bits per heavy atom. The first kappa shape index (κ1) is 15.9. The molecule has 3 heterocycles. The minimum Gasteiger partial charge on any atom is -0.384 e. The van der Waals surface area contributed by atoms with Gasteiger partial charge in [0.1, 0.15) is 17.3 Å². The number of hydrazone groups is 1. The molecule has 0 fully saturated rings. The van der Waals surface area contributed by atoms with Crippen molar-refractivity contribution in [2.24, 2.45) is 5.10 Å². The van der Waals surface area contributed by atoms with Crippen molar-refractivity contribution in [2.75, 3.05) is 5.73 Å². The van der Waals surface area contributed by atoms with Crippen LogP contribution in [-0.4, -0.2) is 26.5 Å². The third kappa shape index (κ3) is 2.92. The minimum atomic E-state index is -0.375. The number of nitrogen functional groups attached to an aromatic ring is 1. The maximum atomic E-state index is 14.4. The highest BCUT2D eigenvalue weighted by Crippen LogP contribution is 2.33. The number of anilines is 1.